The minimum atomic E-state index is -0.587. The van der Waals surface area contributed by atoms with Crippen molar-refractivity contribution in [3.8, 4) is 11.5 Å². The predicted octanol–water partition coefficient (Wildman–Crippen LogP) is 0.434. The van der Waals surface area contributed by atoms with Crippen LogP contribution in [0.1, 0.15) is 11.6 Å². The maximum absolute atomic E-state index is 11.7. The van der Waals surface area contributed by atoms with Crippen LogP contribution in [0.2, 0.25) is 0 Å². The van der Waals surface area contributed by atoms with Crippen molar-refractivity contribution in [3.05, 3.63) is 17.7 Å². The third-order valence-corrected chi connectivity index (χ3v) is 2.98. The van der Waals surface area contributed by atoms with Gasteiger partial charge in [0, 0.05) is 18.7 Å². The number of carbonyl (C=O) groups is 1. The van der Waals surface area contributed by atoms with E-state index in [-0.39, 0.29) is 5.91 Å². The Morgan fingerprint density at radius 2 is 1.94 bits per heavy atom. The first-order valence-corrected chi connectivity index (χ1v) is 5.15. The SMILES string of the molecule is CN1C(=O)[C@@H](N)c2cc3c(cc21)OCCO3. The zero-order chi connectivity index (χ0) is 11.3. The van der Waals surface area contributed by atoms with Gasteiger partial charge >= 0.3 is 0 Å². The Morgan fingerprint density at radius 3 is 2.62 bits per heavy atom. The van der Waals surface area contributed by atoms with Crippen LogP contribution in [0.5, 0.6) is 11.5 Å². The number of carbonyl (C=O) groups excluding carboxylic acids is 1. The monoisotopic (exact) mass is 220 g/mol. The van der Waals surface area contributed by atoms with Gasteiger partial charge in [-0.3, -0.25) is 4.79 Å². The van der Waals surface area contributed by atoms with Crippen LogP contribution < -0.4 is 20.1 Å². The van der Waals surface area contributed by atoms with Crippen LogP contribution in [0.3, 0.4) is 0 Å². The van der Waals surface area contributed by atoms with Crippen LogP contribution in [-0.4, -0.2) is 26.2 Å². The molecule has 2 N–H and O–H groups in total. The second-order valence-electron chi connectivity index (χ2n) is 3.93. The zero-order valence-electron chi connectivity index (χ0n) is 8.90. The molecule has 5 nitrogen and oxygen atoms in total. The van der Waals surface area contributed by atoms with Gasteiger partial charge in [-0.1, -0.05) is 0 Å². The Hall–Kier alpha value is -1.75. The highest BCUT2D eigenvalue weighted by Gasteiger charge is 2.34. The van der Waals surface area contributed by atoms with E-state index in [1.165, 1.54) is 0 Å². The molecule has 0 aliphatic carbocycles. The van der Waals surface area contributed by atoms with E-state index in [0.717, 1.165) is 11.3 Å². The Kier molecular flexibility index (Phi) is 1.85. The van der Waals surface area contributed by atoms with Gasteiger partial charge in [-0.15, -0.1) is 0 Å². The molecule has 16 heavy (non-hydrogen) atoms. The molecule has 0 fully saturated rings. The maximum atomic E-state index is 11.7. The van der Waals surface area contributed by atoms with Gasteiger partial charge in [0.25, 0.3) is 0 Å². The average molecular weight is 220 g/mol. The fraction of sp³-hybridized carbons (Fsp3) is 0.364. The largest absolute Gasteiger partial charge is 0.486 e. The summed E-state index contributed by atoms with van der Waals surface area (Å²) >= 11 is 0. The molecule has 2 heterocycles. The van der Waals surface area contributed by atoms with E-state index < -0.39 is 6.04 Å². The lowest BCUT2D eigenvalue weighted by atomic mass is 10.1. The third-order valence-electron chi connectivity index (χ3n) is 2.98. The van der Waals surface area contributed by atoms with Crippen molar-refractivity contribution in [3.63, 3.8) is 0 Å². The zero-order valence-corrected chi connectivity index (χ0v) is 8.90. The van der Waals surface area contributed by atoms with Crippen molar-refractivity contribution in [1.82, 2.24) is 0 Å². The van der Waals surface area contributed by atoms with Gasteiger partial charge in [0.15, 0.2) is 11.5 Å². The molecule has 84 valence electrons. The van der Waals surface area contributed by atoms with Crippen molar-refractivity contribution in [1.29, 1.82) is 0 Å². The Morgan fingerprint density at radius 1 is 1.31 bits per heavy atom. The average Bonchev–Trinajstić information content (AvgIpc) is 2.52. The number of benzene rings is 1. The third kappa shape index (κ3) is 1.12. The topological polar surface area (TPSA) is 64.8 Å². The molecule has 0 unspecified atom stereocenters. The number of fused-ring (bicyclic) bond motifs is 2. The number of hydrogen-bond donors (Lipinski definition) is 1. The van der Waals surface area contributed by atoms with Crippen molar-refractivity contribution in [2.24, 2.45) is 5.73 Å². The quantitative estimate of drug-likeness (QED) is 0.688. The molecule has 2 aliphatic rings. The molecule has 2 aliphatic heterocycles. The van der Waals surface area contributed by atoms with Crippen molar-refractivity contribution < 1.29 is 14.3 Å². The number of hydrogen-bond acceptors (Lipinski definition) is 4. The highest BCUT2D eigenvalue weighted by molar-refractivity contribution is 6.04. The van der Waals surface area contributed by atoms with E-state index in [9.17, 15) is 4.79 Å². The number of ether oxygens (including phenoxy) is 2. The van der Waals surface area contributed by atoms with Gasteiger partial charge in [0.1, 0.15) is 19.3 Å². The summed E-state index contributed by atoms with van der Waals surface area (Å²) in [6.07, 6.45) is 0. The van der Waals surface area contributed by atoms with Crippen LogP contribution >= 0.6 is 0 Å². The second kappa shape index (κ2) is 3.12. The van der Waals surface area contributed by atoms with Crippen LogP contribution in [0.4, 0.5) is 5.69 Å². The Balaban J connectivity index is 2.16. The van der Waals surface area contributed by atoms with E-state index >= 15 is 0 Å². The molecule has 1 aromatic carbocycles. The minimum absolute atomic E-state index is 0.0997. The van der Waals surface area contributed by atoms with E-state index in [0.29, 0.717) is 24.7 Å². The summed E-state index contributed by atoms with van der Waals surface area (Å²) in [5, 5.41) is 0. The highest BCUT2D eigenvalue weighted by Crippen LogP contribution is 2.42. The Bertz CT molecular complexity index is 432. The van der Waals surface area contributed by atoms with Crippen LogP contribution in [0, 0.1) is 0 Å². The van der Waals surface area contributed by atoms with E-state index in [2.05, 4.69) is 0 Å². The fourth-order valence-electron chi connectivity index (χ4n) is 2.09. The van der Waals surface area contributed by atoms with Crippen LogP contribution in [0.25, 0.3) is 0 Å². The molecule has 1 aromatic rings. The number of nitrogens with zero attached hydrogens (tertiary/aromatic N) is 1. The van der Waals surface area contributed by atoms with E-state index in [4.69, 9.17) is 15.2 Å². The smallest absolute Gasteiger partial charge is 0.248 e. The first-order valence-electron chi connectivity index (χ1n) is 5.15. The van der Waals surface area contributed by atoms with Crippen molar-refractivity contribution >= 4 is 11.6 Å². The van der Waals surface area contributed by atoms with Gasteiger partial charge in [0.2, 0.25) is 5.91 Å². The van der Waals surface area contributed by atoms with E-state index in [1.807, 2.05) is 6.07 Å². The highest BCUT2D eigenvalue weighted by atomic mass is 16.6. The summed E-state index contributed by atoms with van der Waals surface area (Å²) in [4.78, 5) is 13.3. The second-order valence-corrected chi connectivity index (χ2v) is 3.93. The summed E-state index contributed by atoms with van der Waals surface area (Å²) in [7, 11) is 1.71. The van der Waals surface area contributed by atoms with Crippen LogP contribution in [-0.2, 0) is 4.79 Å². The predicted molar refractivity (Wildman–Crippen MR) is 57.8 cm³/mol. The number of amides is 1. The van der Waals surface area contributed by atoms with Gasteiger partial charge < -0.3 is 20.1 Å². The molecular weight excluding hydrogens is 208 g/mol. The van der Waals surface area contributed by atoms with Gasteiger partial charge in [-0.25, -0.2) is 0 Å². The van der Waals surface area contributed by atoms with Gasteiger partial charge in [-0.05, 0) is 6.07 Å². The summed E-state index contributed by atoms with van der Waals surface area (Å²) in [6.45, 7) is 1.07. The lowest BCUT2D eigenvalue weighted by Gasteiger charge is -2.20. The standard InChI is InChI=1S/C11H12N2O3/c1-13-7-5-9-8(15-2-3-16-9)4-6(7)10(12)11(13)14/h4-5,10H,2-3,12H2,1H3/t10-/m0/s1. The fourth-order valence-corrected chi connectivity index (χ4v) is 2.09. The number of likely N-dealkylation sites (N-methyl/N-ethyl adjacent to an activating group) is 1. The number of nitrogens with two attached hydrogens (primary N) is 1. The molecule has 1 amide bonds. The molecule has 0 radical (unpaired) electrons. The maximum Gasteiger partial charge on any atom is 0.248 e. The van der Waals surface area contributed by atoms with Crippen LogP contribution in [0.15, 0.2) is 12.1 Å². The van der Waals surface area contributed by atoms with Crippen molar-refractivity contribution in [2.75, 3.05) is 25.2 Å². The van der Waals surface area contributed by atoms with E-state index in [1.54, 1.807) is 18.0 Å². The first-order chi connectivity index (χ1) is 7.68. The first kappa shape index (κ1) is 9.47. The molecule has 0 bridgehead atoms. The molecule has 5 heteroatoms. The molecule has 0 spiro atoms. The summed E-state index contributed by atoms with van der Waals surface area (Å²) in [6, 6.07) is 3.03. The normalized spacial score (nSPS) is 22.2. The summed E-state index contributed by atoms with van der Waals surface area (Å²) in [5.41, 5.74) is 7.44. The summed E-state index contributed by atoms with van der Waals surface area (Å²) in [5.74, 6) is 1.25. The molecule has 3 rings (SSSR count). The number of rotatable bonds is 0. The molecule has 0 saturated heterocycles. The minimum Gasteiger partial charge on any atom is -0.486 e. The van der Waals surface area contributed by atoms with Gasteiger partial charge in [0.05, 0.1) is 5.69 Å². The summed E-state index contributed by atoms with van der Waals surface area (Å²) < 4.78 is 10.9. The lowest BCUT2D eigenvalue weighted by molar-refractivity contribution is -0.118. The molecular formula is C11H12N2O3. The van der Waals surface area contributed by atoms with Crippen molar-refractivity contribution in [2.45, 2.75) is 6.04 Å². The molecule has 0 aromatic heterocycles. The lowest BCUT2D eigenvalue weighted by Crippen LogP contribution is -2.27. The van der Waals surface area contributed by atoms with Gasteiger partial charge in [-0.2, -0.15) is 0 Å². The number of anilines is 1. The molecule has 1 atom stereocenters. The Labute approximate surface area is 92.7 Å². The molecule has 0 saturated carbocycles.